The van der Waals surface area contributed by atoms with Crippen LogP contribution < -0.4 is 10.6 Å². The highest BCUT2D eigenvalue weighted by Crippen LogP contribution is 2.07. The van der Waals surface area contributed by atoms with Gasteiger partial charge in [-0.1, -0.05) is 0 Å². The van der Waals surface area contributed by atoms with Gasteiger partial charge in [-0.15, -0.1) is 0 Å². The number of carbonyl (C=O) groups excluding carboxylic acids is 1. The predicted octanol–water partition coefficient (Wildman–Crippen LogP) is 0.00960. The lowest BCUT2D eigenvalue weighted by atomic mass is 10.3. The summed E-state index contributed by atoms with van der Waals surface area (Å²) in [7, 11) is 1.94. The van der Waals surface area contributed by atoms with E-state index in [2.05, 4.69) is 10.6 Å². The van der Waals surface area contributed by atoms with Crippen LogP contribution in [0.4, 0.5) is 4.79 Å². The number of carbonyl (C=O) groups is 1. The normalized spacial score (nSPS) is 22.8. The number of likely N-dealkylation sites (tertiary alicyclic amines) is 1. The summed E-state index contributed by atoms with van der Waals surface area (Å²) in [6, 6.07) is 0.544. The lowest BCUT2D eigenvalue weighted by Crippen LogP contribution is -2.40. The molecule has 12 heavy (non-hydrogen) atoms. The summed E-state index contributed by atoms with van der Waals surface area (Å²) in [6.07, 6.45) is 1.06. The van der Waals surface area contributed by atoms with Gasteiger partial charge in [0.1, 0.15) is 0 Å². The van der Waals surface area contributed by atoms with E-state index in [1.54, 1.807) is 0 Å². The van der Waals surface area contributed by atoms with Gasteiger partial charge in [-0.2, -0.15) is 0 Å². The number of hydrogen-bond donors (Lipinski definition) is 2. The van der Waals surface area contributed by atoms with E-state index >= 15 is 0 Å². The summed E-state index contributed by atoms with van der Waals surface area (Å²) >= 11 is 0. The SMILES string of the molecule is CCNC(=O)N1CCC(NC)C1. The highest BCUT2D eigenvalue weighted by Gasteiger charge is 2.24. The number of likely N-dealkylation sites (N-methyl/N-ethyl adjacent to an activating group) is 1. The Balaban J connectivity index is 2.31. The van der Waals surface area contributed by atoms with Gasteiger partial charge < -0.3 is 15.5 Å². The Labute approximate surface area is 73.3 Å². The van der Waals surface area contributed by atoms with Gasteiger partial charge in [0.15, 0.2) is 0 Å². The summed E-state index contributed by atoms with van der Waals surface area (Å²) in [5.41, 5.74) is 0. The Hall–Kier alpha value is -0.770. The highest BCUT2D eigenvalue weighted by molar-refractivity contribution is 5.74. The smallest absolute Gasteiger partial charge is 0.317 e. The molecule has 70 valence electrons. The molecule has 4 nitrogen and oxygen atoms in total. The van der Waals surface area contributed by atoms with Crippen molar-refractivity contribution >= 4 is 6.03 Å². The second kappa shape index (κ2) is 4.30. The minimum absolute atomic E-state index is 0.0650. The van der Waals surface area contributed by atoms with E-state index in [9.17, 15) is 4.79 Å². The van der Waals surface area contributed by atoms with E-state index < -0.39 is 0 Å². The molecule has 0 aliphatic carbocycles. The maximum atomic E-state index is 11.3. The van der Waals surface area contributed by atoms with Crippen molar-refractivity contribution in [3.05, 3.63) is 0 Å². The summed E-state index contributed by atoms with van der Waals surface area (Å²) < 4.78 is 0. The van der Waals surface area contributed by atoms with E-state index in [0.29, 0.717) is 12.6 Å². The Morgan fingerprint density at radius 2 is 2.42 bits per heavy atom. The van der Waals surface area contributed by atoms with Crippen molar-refractivity contribution in [3.8, 4) is 0 Å². The van der Waals surface area contributed by atoms with Gasteiger partial charge in [0, 0.05) is 25.7 Å². The zero-order valence-electron chi connectivity index (χ0n) is 7.76. The largest absolute Gasteiger partial charge is 0.338 e. The molecule has 0 bridgehead atoms. The van der Waals surface area contributed by atoms with Gasteiger partial charge in [0.05, 0.1) is 0 Å². The van der Waals surface area contributed by atoms with Crippen molar-refractivity contribution in [2.45, 2.75) is 19.4 Å². The van der Waals surface area contributed by atoms with Crippen molar-refractivity contribution in [1.29, 1.82) is 0 Å². The van der Waals surface area contributed by atoms with Crippen LogP contribution >= 0.6 is 0 Å². The second-order valence-corrected chi connectivity index (χ2v) is 3.06. The standard InChI is InChI=1S/C8H17N3O/c1-3-10-8(12)11-5-4-7(6-11)9-2/h7,9H,3-6H2,1-2H3,(H,10,12). The highest BCUT2D eigenvalue weighted by atomic mass is 16.2. The summed E-state index contributed by atoms with van der Waals surface area (Å²) in [6.45, 7) is 4.35. The fraction of sp³-hybridized carbons (Fsp3) is 0.875. The summed E-state index contributed by atoms with van der Waals surface area (Å²) in [4.78, 5) is 13.1. The van der Waals surface area contributed by atoms with Crippen LogP contribution in [-0.4, -0.2) is 43.7 Å². The van der Waals surface area contributed by atoms with Crippen LogP contribution in [0.5, 0.6) is 0 Å². The molecule has 0 aromatic heterocycles. The maximum absolute atomic E-state index is 11.3. The van der Waals surface area contributed by atoms with Crippen molar-refractivity contribution < 1.29 is 4.79 Å². The first kappa shape index (κ1) is 9.32. The van der Waals surface area contributed by atoms with Crippen LogP contribution in [0, 0.1) is 0 Å². The first-order valence-electron chi connectivity index (χ1n) is 4.48. The molecule has 1 aliphatic heterocycles. The van der Waals surface area contributed by atoms with Gasteiger partial charge in [0.25, 0.3) is 0 Å². The van der Waals surface area contributed by atoms with Crippen molar-refractivity contribution in [3.63, 3.8) is 0 Å². The van der Waals surface area contributed by atoms with Gasteiger partial charge >= 0.3 is 6.03 Å². The lowest BCUT2D eigenvalue weighted by Gasteiger charge is -2.16. The predicted molar refractivity (Wildman–Crippen MR) is 48.1 cm³/mol. The third kappa shape index (κ3) is 2.11. The molecule has 4 heteroatoms. The van der Waals surface area contributed by atoms with E-state index in [1.807, 2.05) is 18.9 Å². The number of rotatable bonds is 2. The average molecular weight is 171 g/mol. The molecule has 1 saturated heterocycles. The molecule has 1 atom stereocenters. The number of amides is 2. The van der Waals surface area contributed by atoms with Crippen LogP contribution in [0.25, 0.3) is 0 Å². The van der Waals surface area contributed by atoms with E-state index in [1.165, 1.54) is 0 Å². The molecule has 1 aliphatic rings. The number of urea groups is 1. The Morgan fingerprint density at radius 1 is 1.67 bits per heavy atom. The Kier molecular flexibility index (Phi) is 3.34. The number of nitrogens with zero attached hydrogens (tertiary/aromatic N) is 1. The molecule has 0 aromatic rings. The van der Waals surface area contributed by atoms with E-state index in [-0.39, 0.29) is 6.03 Å². The molecule has 1 rings (SSSR count). The zero-order valence-corrected chi connectivity index (χ0v) is 7.76. The molecule has 0 aromatic carbocycles. The molecule has 1 unspecified atom stereocenters. The molecular formula is C8H17N3O. The molecular weight excluding hydrogens is 154 g/mol. The molecule has 0 saturated carbocycles. The van der Waals surface area contributed by atoms with Crippen molar-refractivity contribution in [2.24, 2.45) is 0 Å². The van der Waals surface area contributed by atoms with Gasteiger partial charge in [0.2, 0.25) is 0 Å². The van der Waals surface area contributed by atoms with Gasteiger partial charge in [-0.3, -0.25) is 0 Å². The summed E-state index contributed by atoms with van der Waals surface area (Å²) in [5, 5.41) is 5.96. The number of nitrogens with one attached hydrogen (secondary N) is 2. The first-order chi connectivity index (χ1) is 5.77. The fourth-order valence-corrected chi connectivity index (χ4v) is 1.44. The second-order valence-electron chi connectivity index (χ2n) is 3.06. The van der Waals surface area contributed by atoms with Crippen LogP contribution in [0.3, 0.4) is 0 Å². The third-order valence-electron chi connectivity index (χ3n) is 2.21. The first-order valence-corrected chi connectivity index (χ1v) is 4.48. The molecule has 2 N–H and O–H groups in total. The Bertz CT molecular complexity index is 160. The maximum Gasteiger partial charge on any atom is 0.317 e. The van der Waals surface area contributed by atoms with Gasteiger partial charge in [-0.05, 0) is 20.4 Å². The fourth-order valence-electron chi connectivity index (χ4n) is 1.44. The molecule has 1 fully saturated rings. The average Bonchev–Trinajstić information content (AvgIpc) is 2.52. The van der Waals surface area contributed by atoms with E-state index in [0.717, 1.165) is 19.5 Å². The van der Waals surface area contributed by atoms with Crippen LogP contribution in [-0.2, 0) is 0 Å². The quantitative estimate of drug-likeness (QED) is 0.614. The lowest BCUT2D eigenvalue weighted by molar-refractivity contribution is 0.208. The van der Waals surface area contributed by atoms with Crippen LogP contribution in [0.15, 0.2) is 0 Å². The molecule has 0 spiro atoms. The summed E-state index contributed by atoms with van der Waals surface area (Å²) in [5.74, 6) is 0. The molecule has 2 amide bonds. The zero-order chi connectivity index (χ0) is 8.97. The topological polar surface area (TPSA) is 44.4 Å². The van der Waals surface area contributed by atoms with Crippen LogP contribution in [0.2, 0.25) is 0 Å². The van der Waals surface area contributed by atoms with E-state index in [4.69, 9.17) is 0 Å². The number of hydrogen-bond acceptors (Lipinski definition) is 2. The molecule has 1 heterocycles. The van der Waals surface area contributed by atoms with Crippen LogP contribution in [0.1, 0.15) is 13.3 Å². The third-order valence-corrected chi connectivity index (χ3v) is 2.21. The molecule has 0 radical (unpaired) electrons. The minimum atomic E-state index is 0.0650. The van der Waals surface area contributed by atoms with Crippen molar-refractivity contribution in [2.75, 3.05) is 26.7 Å². The monoisotopic (exact) mass is 171 g/mol. The van der Waals surface area contributed by atoms with Crippen molar-refractivity contribution in [1.82, 2.24) is 15.5 Å². The minimum Gasteiger partial charge on any atom is -0.338 e. The Morgan fingerprint density at radius 3 is 2.92 bits per heavy atom. The van der Waals surface area contributed by atoms with Gasteiger partial charge in [-0.25, -0.2) is 4.79 Å².